The van der Waals surface area contributed by atoms with Crippen LogP contribution in [0.5, 0.6) is 0 Å². The number of amides is 5. The summed E-state index contributed by atoms with van der Waals surface area (Å²) >= 11 is 0. The molecule has 2 N–H and O–H groups in total. The summed E-state index contributed by atoms with van der Waals surface area (Å²) in [6, 6.07) is 3.92. The number of fused-ring (bicyclic) bond motifs is 5. The van der Waals surface area contributed by atoms with Crippen molar-refractivity contribution in [2.45, 2.75) is 179 Å². The van der Waals surface area contributed by atoms with Crippen LogP contribution in [0.1, 0.15) is 146 Å². The molecule has 12 aliphatic rings. The zero-order chi connectivity index (χ0) is 49.6. The lowest BCUT2D eigenvalue weighted by Gasteiger charge is -2.60. The number of ether oxygens (including phenoxy) is 6. The molecule has 2 spiro atoms. The first kappa shape index (κ1) is 49.6. The molecule has 0 radical (unpaired) electrons. The van der Waals surface area contributed by atoms with Crippen LogP contribution >= 0.6 is 0 Å². The predicted molar refractivity (Wildman–Crippen MR) is 248 cm³/mol. The minimum Gasteiger partial charge on any atom is -0.384 e. The standard InChI is InChI=1S/C52H72N4O15/c1-28-13-15-35-30(3)45(64-47-51(35)33(28)19-21-49(5,66-47)68-70-51)62-26-24-55(25-27-63-46-31(4)36-16-14-29(2)34-20-22-50(6)67-48(65-46)52(34,36)71-69-50)40(58)12-7-8-23-53-37-11-9-10-32-41(37)44(61)56(43(32)60)38-17-18-39(57)54-42(38)59/h9-11,28-31,33-36,38,45-48,53H,7-8,12-27H2,1-6H3,(H,54,57,59)/t28-,29-,30-,31-,33?,34?,35?,36?,38?,45+,46+,47-,48-,49-,50-,51-,52-/m1/s1. The Hall–Kier alpha value is -3.63. The molecule has 9 saturated heterocycles. The topological polar surface area (TPSA) is 208 Å². The van der Waals surface area contributed by atoms with Crippen molar-refractivity contribution >= 4 is 35.2 Å². The monoisotopic (exact) mass is 992 g/mol. The Balaban J connectivity index is 0.738. The second-order valence-corrected chi connectivity index (χ2v) is 22.7. The molecule has 17 atom stereocenters. The van der Waals surface area contributed by atoms with Gasteiger partial charge < -0.3 is 38.6 Å². The Morgan fingerprint density at radius 1 is 0.732 bits per heavy atom. The maximum absolute atomic E-state index is 14.3. The van der Waals surface area contributed by atoms with Crippen molar-refractivity contribution in [1.82, 2.24) is 15.1 Å². The zero-order valence-corrected chi connectivity index (χ0v) is 42.0. The van der Waals surface area contributed by atoms with E-state index in [0.29, 0.717) is 62.8 Å². The van der Waals surface area contributed by atoms with Gasteiger partial charge in [-0.15, -0.1) is 0 Å². The van der Waals surface area contributed by atoms with Crippen molar-refractivity contribution in [1.29, 1.82) is 0 Å². The van der Waals surface area contributed by atoms with E-state index in [1.807, 2.05) is 13.8 Å². The number of anilines is 1. The van der Waals surface area contributed by atoms with Gasteiger partial charge in [0.1, 0.15) is 6.04 Å². The highest BCUT2D eigenvalue weighted by atomic mass is 17.3. The third kappa shape index (κ3) is 8.36. The van der Waals surface area contributed by atoms with Crippen LogP contribution < -0.4 is 10.6 Å². The van der Waals surface area contributed by atoms with Crippen LogP contribution in [-0.4, -0.2) is 126 Å². The average Bonchev–Trinajstić information content (AvgIpc) is 3.56. The first-order chi connectivity index (χ1) is 34.1. The van der Waals surface area contributed by atoms with Gasteiger partial charge in [0.05, 0.1) is 24.3 Å². The smallest absolute Gasteiger partial charge is 0.264 e. The van der Waals surface area contributed by atoms with Crippen molar-refractivity contribution in [3.8, 4) is 0 Å². The second-order valence-electron chi connectivity index (χ2n) is 22.7. The van der Waals surface area contributed by atoms with Crippen LogP contribution in [0, 0.1) is 47.3 Å². The van der Waals surface area contributed by atoms with E-state index in [1.165, 1.54) is 0 Å². The molecule has 5 unspecified atom stereocenters. The molecule has 19 heteroatoms. The van der Waals surface area contributed by atoms with E-state index in [9.17, 15) is 24.0 Å². The number of hydrogen-bond donors (Lipinski definition) is 2. The Labute approximate surface area is 415 Å². The van der Waals surface area contributed by atoms with Gasteiger partial charge in [-0.3, -0.25) is 34.2 Å². The van der Waals surface area contributed by atoms with E-state index >= 15 is 0 Å². The quantitative estimate of drug-likeness (QED) is 0.118. The van der Waals surface area contributed by atoms with E-state index in [1.54, 1.807) is 23.1 Å². The minimum atomic E-state index is -1.06. The summed E-state index contributed by atoms with van der Waals surface area (Å²) in [6.45, 7) is 14.1. The minimum absolute atomic E-state index is 0.0237. The molecular weight excluding hydrogens is 921 g/mol. The van der Waals surface area contributed by atoms with E-state index in [4.69, 9.17) is 48.0 Å². The Bertz CT molecular complexity index is 2190. The normalized spacial score (nSPS) is 43.2. The molecule has 2 saturated carbocycles. The molecule has 11 fully saturated rings. The SMILES string of the molecule is C[C@@H]1CCC2[C@@H](C)[C@@H](OCCN(CCO[C@H]3O[C@@H]4O[C@@]5(C)CCC6[C@H](C)CCC([C@H]3C)[C@]64OO5)C(=O)CCCCNc3cccc4c3C(=O)N(C3CCC(=O)NC3=O)C4=O)O[C@@H]3O[C@@]4(C)CCC1[C@@]23OO4. The third-order valence-corrected chi connectivity index (χ3v) is 18.4. The van der Waals surface area contributed by atoms with Crippen LogP contribution in [0.3, 0.4) is 0 Å². The Morgan fingerprint density at radius 2 is 1.31 bits per heavy atom. The number of benzene rings is 1. The van der Waals surface area contributed by atoms with E-state index < -0.39 is 77.6 Å². The molecule has 4 bridgehead atoms. The zero-order valence-electron chi connectivity index (χ0n) is 42.0. The van der Waals surface area contributed by atoms with Crippen molar-refractivity contribution in [2.75, 3.05) is 38.2 Å². The summed E-state index contributed by atoms with van der Waals surface area (Å²) < 4.78 is 39.7. The maximum Gasteiger partial charge on any atom is 0.264 e. The van der Waals surface area contributed by atoms with Gasteiger partial charge in [0.2, 0.25) is 29.3 Å². The fourth-order valence-electron chi connectivity index (χ4n) is 14.5. The van der Waals surface area contributed by atoms with Gasteiger partial charge in [-0.2, -0.15) is 0 Å². The molecular formula is C52H72N4O15. The molecule has 2 aliphatic carbocycles. The highest BCUT2D eigenvalue weighted by Gasteiger charge is 2.71. The van der Waals surface area contributed by atoms with Crippen LogP contribution in [0.2, 0.25) is 0 Å². The molecule has 1 aromatic carbocycles. The summed E-state index contributed by atoms with van der Waals surface area (Å²) in [5, 5.41) is 5.53. The first-order valence-corrected chi connectivity index (χ1v) is 26.6. The van der Waals surface area contributed by atoms with Crippen molar-refractivity contribution in [2.24, 2.45) is 47.3 Å². The van der Waals surface area contributed by atoms with Gasteiger partial charge in [-0.05, 0) is 107 Å². The lowest BCUT2D eigenvalue weighted by molar-refractivity contribution is -0.577. The molecule has 10 heterocycles. The highest BCUT2D eigenvalue weighted by molar-refractivity contribution is 6.25. The van der Waals surface area contributed by atoms with Gasteiger partial charge in [-0.1, -0.05) is 33.8 Å². The lowest BCUT2D eigenvalue weighted by atomic mass is 9.58. The number of rotatable bonds is 15. The molecule has 1 aromatic rings. The van der Waals surface area contributed by atoms with Crippen molar-refractivity contribution in [3.63, 3.8) is 0 Å². The van der Waals surface area contributed by atoms with Crippen LogP contribution in [0.25, 0.3) is 0 Å². The average molecular weight is 993 g/mol. The molecule has 390 valence electrons. The van der Waals surface area contributed by atoms with Crippen LogP contribution in [-0.2, 0) is 62.4 Å². The summed E-state index contributed by atoms with van der Waals surface area (Å²) in [4.78, 5) is 93.2. The van der Waals surface area contributed by atoms with Gasteiger partial charge in [-0.25, -0.2) is 19.6 Å². The van der Waals surface area contributed by atoms with Crippen LogP contribution in [0.4, 0.5) is 5.69 Å². The summed E-state index contributed by atoms with van der Waals surface area (Å²) in [5.74, 6) is -2.63. The number of piperidine rings is 1. The fraction of sp³-hybridized carbons (Fsp3) is 0.788. The van der Waals surface area contributed by atoms with Gasteiger partial charge >= 0.3 is 0 Å². The summed E-state index contributed by atoms with van der Waals surface area (Å²) in [7, 11) is 0. The van der Waals surface area contributed by atoms with Gasteiger partial charge in [0, 0.05) is 74.7 Å². The van der Waals surface area contributed by atoms with Gasteiger partial charge in [0.15, 0.2) is 36.4 Å². The Morgan fingerprint density at radius 3 is 1.87 bits per heavy atom. The van der Waals surface area contributed by atoms with Crippen LogP contribution in [0.15, 0.2) is 18.2 Å². The number of unbranched alkanes of at least 4 members (excludes halogenated alkanes) is 1. The predicted octanol–water partition coefficient (Wildman–Crippen LogP) is 5.95. The second kappa shape index (κ2) is 18.9. The van der Waals surface area contributed by atoms with Crippen molar-refractivity contribution in [3.05, 3.63) is 29.3 Å². The molecule has 10 aliphatic heterocycles. The molecule has 71 heavy (non-hydrogen) atoms. The number of nitrogens with zero attached hydrogens (tertiary/aromatic N) is 2. The number of nitrogens with one attached hydrogen (secondary N) is 2. The largest absolute Gasteiger partial charge is 0.384 e. The molecule has 19 nitrogen and oxygen atoms in total. The summed E-state index contributed by atoms with van der Waals surface area (Å²) in [5.41, 5.74) is -0.559. The van der Waals surface area contributed by atoms with Gasteiger partial charge in [0.25, 0.3) is 11.8 Å². The molecule has 5 amide bonds. The molecule has 0 aromatic heterocycles. The molecule has 13 rings (SSSR count). The lowest BCUT2D eigenvalue weighted by Crippen LogP contribution is -2.70. The summed E-state index contributed by atoms with van der Waals surface area (Å²) in [6.07, 6.45) is 6.35. The number of hydrogen-bond acceptors (Lipinski definition) is 16. The van der Waals surface area contributed by atoms with E-state index in [-0.39, 0.29) is 85.0 Å². The number of imide groups is 2. The maximum atomic E-state index is 14.3. The Kier molecular flexibility index (Phi) is 13.2. The highest BCUT2D eigenvalue weighted by Crippen LogP contribution is 2.62. The van der Waals surface area contributed by atoms with E-state index in [2.05, 4.69) is 38.3 Å². The number of carbonyl (C=O) groups excluding carboxylic acids is 5. The number of carbonyl (C=O) groups is 5. The third-order valence-electron chi connectivity index (χ3n) is 18.4. The first-order valence-electron chi connectivity index (χ1n) is 26.6. The fourth-order valence-corrected chi connectivity index (χ4v) is 14.5. The van der Waals surface area contributed by atoms with Crippen molar-refractivity contribution < 1.29 is 71.9 Å². The van der Waals surface area contributed by atoms with E-state index in [0.717, 1.165) is 43.4 Å².